The zero-order valence-electron chi connectivity index (χ0n) is 18.5. The van der Waals surface area contributed by atoms with Gasteiger partial charge in [0.15, 0.2) is 5.58 Å². The summed E-state index contributed by atoms with van der Waals surface area (Å²) >= 11 is 0. The van der Waals surface area contributed by atoms with Crippen molar-refractivity contribution >= 4 is 11.0 Å². The number of hydrogen-bond donors (Lipinski definition) is 0. The van der Waals surface area contributed by atoms with Gasteiger partial charge in [-0.25, -0.2) is 0 Å². The van der Waals surface area contributed by atoms with Gasteiger partial charge in [-0.3, -0.25) is 4.98 Å². The summed E-state index contributed by atoms with van der Waals surface area (Å²) < 4.78 is 6.22. The third-order valence-corrected chi connectivity index (χ3v) is 5.57. The molecule has 0 N–H and O–H groups in total. The maximum atomic E-state index is 6.22. The molecule has 0 spiro atoms. The average molecular weight is 384 g/mol. The van der Waals surface area contributed by atoms with Crippen LogP contribution in [0.2, 0.25) is 0 Å². The van der Waals surface area contributed by atoms with E-state index in [0.717, 1.165) is 28.0 Å². The number of furan rings is 1. The van der Waals surface area contributed by atoms with Crippen LogP contribution in [0.15, 0.2) is 53.1 Å². The Kier molecular flexibility index (Phi) is 4.61. The molecule has 0 radical (unpaired) electrons. The summed E-state index contributed by atoms with van der Waals surface area (Å²) in [5.41, 5.74) is 10.6. The number of benzene rings is 2. The molecule has 29 heavy (non-hydrogen) atoms. The van der Waals surface area contributed by atoms with Gasteiger partial charge in [0.05, 0.1) is 11.9 Å². The minimum atomic E-state index is 0.132. The third-order valence-electron chi connectivity index (χ3n) is 5.57. The molecule has 0 amide bonds. The van der Waals surface area contributed by atoms with Crippen molar-refractivity contribution in [3.05, 3.63) is 76.5 Å². The minimum Gasteiger partial charge on any atom is -0.454 e. The predicted molar refractivity (Wildman–Crippen MR) is 123 cm³/mol. The zero-order chi connectivity index (χ0) is 20.9. The van der Waals surface area contributed by atoms with E-state index in [0.29, 0.717) is 0 Å². The van der Waals surface area contributed by atoms with Crippen LogP contribution in [-0.4, -0.2) is 4.98 Å². The quantitative estimate of drug-likeness (QED) is 0.354. The summed E-state index contributed by atoms with van der Waals surface area (Å²) in [6, 6.07) is 15.4. The summed E-state index contributed by atoms with van der Waals surface area (Å²) in [5, 5.41) is 1.09. The fraction of sp³-hybridized carbons (Fsp3) is 0.296. The number of hydrogen-bond acceptors (Lipinski definition) is 2. The van der Waals surface area contributed by atoms with Crippen molar-refractivity contribution in [3.63, 3.8) is 0 Å². The Hall–Kier alpha value is -2.87. The van der Waals surface area contributed by atoms with Crippen molar-refractivity contribution < 1.29 is 4.42 Å². The molecule has 0 unspecified atom stereocenters. The summed E-state index contributed by atoms with van der Waals surface area (Å²) in [6.45, 7) is 15.3. The molecule has 2 heteroatoms. The normalized spacial score (nSPS) is 12.0. The van der Waals surface area contributed by atoms with Crippen LogP contribution in [0, 0.1) is 27.7 Å². The summed E-state index contributed by atoms with van der Waals surface area (Å²) in [5.74, 6) is 0.912. The van der Waals surface area contributed by atoms with Crippen LogP contribution in [0.4, 0.5) is 0 Å². The van der Waals surface area contributed by atoms with Crippen molar-refractivity contribution in [1.82, 2.24) is 4.98 Å². The van der Waals surface area contributed by atoms with Gasteiger partial charge in [-0.2, -0.15) is 0 Å². The second-order valence-electron chi connectivity index (χ2n) is 9.33. The summed E-state index contributed by atoms with van der Waals surface area (Å²) in [6.07, 6.45) is 1.85. The van der Waals surface area contributed by atoms with Gasteiger partial charge < -0.3 is 4.42 Å². The van der Waals surface area contributed by atoms with Gasteiger partial charge in [0, 0.05) is 16.5 Å². The monoisotopic (exact) mass is 383 g/mol. The molecule has 0 bridgehead atoms. The lowest BCUT2D eigenvalue weighted by Gasteiger charge is -2.21. The Balaban J connectivity index is 1.81. The first-order valence-electron chi connectivity index (χ1n) is 10.2. The highest BCUT2D eigenvalue weighted by Crippen LogP contribution is 2.36. The number of rotatable bonds is 2. The van der Waals surface area contributed by atoms with Crippen molar-refractivity contribution in [3.8, 4) is 22.6 Å². The standard InChI is InChI=1S/C27H29NO/c1-16-8-17(2)10-20(9-16)23-13-21-14-24(29-25(21)15-28-23)26-18(3)11-22(12-19(26)4)27(5,6)7/h8-15H,1-7H3. The highest BCUT2D eigenvalue weighted by atomic mass is 16.3. The number of pyridine rings is 1. The van der Waals surface area contributed by atoms with Crippen LogP contribution in [0.25, 0.3) is 33.6 Å². The van der Waals surface area contributed by atoms with Crippen molar-refractivity contribution in [2.45, 2.75) is 53.9 Å². The van der Waals surface area contributed by atoms with Gasteiger partial charge in [-0.15, -0.1) is 0 Å². The lowest BCUT2D eigenvalue weighted by atomic mass is 9.83. The van der Waals surface area contributed by atoms with Gasteiger partial charge in [-0.1, -0.05) is 50.1 Å². The molecule has 0 aliphatic rings. The Morgan fingerprint density at radius 2 is 1.38 bits per heavy atom. The van der Waals surface area contributed by atoms with Gasteiger partial charge in [0.2, 0.25) is 0 Å². The number of aromatic nitrogens is 1. The molecule has 2 aromatic carbocycles. The van der Waals surface area contributed by atoms with Crippen LogP contribution >= 0.6 is 0 Å². The average Bonchev–Trinajstić information content (AvgIpc) is 3.02. The van der Waals surface area contributed by atoms with E-state index in [1.807, 2.05) is 6.20 Å². The first-order valence-corrected chi connectivity index (χ1v) is 10.2. The largest absolute Gasteiger partial charge is 0.454 e. The molecule has 2 heterocycles. The van der Waals surface area contributed by atoms with E-state index in [1.165, 1.54) is 33.4 Å². The van der Waals surface area contributed by atoms with E-state index in [1.54, 1.807) is 0 Å². The van der Waals surface area contributed by atoms with Gasteiger partial charge in [0.1, 0.15) is 5.76 Å². The predicted octanol–water partition coefficient (Wildman–Crippen LogP) is 7.69. The maximum absolute atomic E-state index is 6.22. The van der Waals surface area contributed by atoms with Crippen LogP contribution in [0.1, 0.15) is 48.6 Å². The second kappa shape index (κ2) is 6.88. The van der Waals surface area contributed by atoms with Crippen LogP contribution in [0.5, 0.6) is 0 Å². The minimum absolute atomic E-state index is 0.132. The third kappa shape index (κ3) is 3.72. The Labute approximate surface area is 173 Å². The van der Waals surface area contributed by atoms with E-state index in [4.69, 9.17) is 4.42 Å². The Morgan fingerprint density at radius 1 is 0.759 bits per heavy atom. The molecule has 148 valence electrons. The molecule has 4 aromatic rings. The molecule has 2 aromatic heterocycles. The van der Waals surface area contributed by atoms with E-state index in [2.05, 4.69) is 95.9 Å². The fourth-order valence-corrected chi connectivity index (χ4v) is 4.13. The Bertz CT molecular complexity index is 1180. The SMILES string of the molecule is Cc1cc(C)cc(-c2cc3cc(-c4c(C)cc(C(C)(C)C)cc4C)oc3cn2)c1. The van der Waals surface area contributed by atoms with E-state index < -0.39 is 0 Å². The molecule has 0 fully saturated rings. The molecule has 0 saturated carbocycles. The zero-order valence-corrected chi connectivity index (χ0v) is 18.5. The second-order valence-corrected chi connectivity index (χ2v) is 9.33. The van der Waals surface area contributed by atoms with Gasteiger partial charge in [-0.05, 0) is 74.1 Å². The molecule has 0 aliphatic heterocycles. The molecule has 0 saturated heterocycles. The molecule has 4 rings (SSSR count). The fourth-order valence-electron chi connectivity index (χ4n) is 4.13. The first kappa shape index (κ1) is 19.4. The molecule has 0 atom stereocenters. The van der Waals surface area contributed by atoms with Crippen molar-refractivity contribution in [2.75, 3.05) is 0 Å². The number of nitrogens with zero attached hydrogens (tertiary/aromatic N) is 1. The Morgan fingerprint density at radius 3 is 1.97 bits per heavy atom. The van der Waals surface area contributed by atoms with Gasteiger partial charge in [0.25, 0.3) is 0 Å². The molecule has 2 nitrogen and oxygen atoms in total. The first-order chi connectivity index (χ1) is 13.6. The van der Waals surface area contributed by atoms with E-state index >= 15 is 0 Å². The van der Waals surface area contributed by atoms with Crippen molar-refractivity contribution in [2.24, 2.45) is 0 Å². The lowest BCUT2D eigenvalue weighted by Crippen LogP contribution is -2.12. The number of aryl methyl sites for hydroxylation is 4. The van der Waals surface area contributed by atoms with Crippen LogP contribution in [0.3, 0.4) is 0 Å². The number of fused-ring (bicyclic) bond motifs is 1. The maximum Gasteiger partial charge on any atom is 0.153 e. The van der Waals surface area contributed by atoms with E-state index in [-0.39, 0.29) is 5.41 Å². The smallest absolute Gasteiger partial charge is 0.153 e. The highest BCUT2D eigenvalue weighted by Gasteiger charge is 2.19. The van der Waals surface area contributed by atoms with Gasteiger partial charge >= 0.3 is 0 Å². The molecule has 0 aliphatic carbocycles. The highest BCUT2D eigenvalue weighted by molar-refractivity contribution is 5.86. The van der Waals surface area contributed by atoms with Crippen LogP contribution in [-0.2, 0) is 5.41 Å². The lowest BCUT2D eigenvalue weighted by molar-refractivity contribution is 0.588. The molecular formula is C27H29NO. The summed E-state index contributed by atoms with van der Waals surface area (Å²) in [4.78, 5) is 4.66. The summed E-state index contributed by atoms with van der Waals surface area (Å²) in [7, 11) is 0. The van der Waals surface area contributed by atoms with Crippen LogP contribution < -0.4 is 0 Å². The topological polar surface area (TPSA) is 26.0 Å². The van der Waals surface area contributed by atoms with Crippen molar-refractivity contribution in [1.29, 1.82) is 0 Å². The van der Waals surface area contributed by atoms with E-state index in [9.17, 15) is 0 Å². The molecular weight excluding hydrogens is 354 g/mol.